The Morgan fingerprint density at radius 1 is 1.15 bits per heavy atom. The van der Waals surface area contributed by atoms with Gasteiger partial charge in [-0.2, -0.15) is 0 Å². The summed E-state index contributed by atoms with van der Waals surface area (Å²) in [6.07, 6.45) is 0.379. The Labute approximate surface area is 199 Å². The molecule has 2 aromatic carbocycles. The fraction of sp³-hybridized carbons (Fsp3) is 0.458. The summed E-state index contributed by atoms with van der Waals surface area (Å²) >= 11 is -1.55. The lowest BCUT2D eigenvalue weighted by molar-refractivity contribution is -0.137. The lowest BCUT2D eigenvalue weighted by Gasteiger charge is -2.32. The van der Waals surface area contributed by atoms with Gasteiger partial charge in [-0.3, -0.25) is 9.36 Å². The molecular formula is C24H34NO6PS. The third-order valence-corrected chi connectivity index (χ3v) is 9.62. The van der Waals surface area contributed by atoms with Gasteiger partial charge in [-0.1, -0.05) is 48.5 Å². The third kappa shape index (κ3) is 8.80. The first kappa shape index (κ1) is 27.4. The Hall–Kier alpha value is -1.83. The summed E-state index contributed by atoms with van der Waals surface area (Å²) in [5.41, 5.74) is 1.72. The zero-order valence-corrected chi connectivity index (χ0v) is 21.4. The normalized spacial score (nSPS) is 15.4. The number of hydrogen-bond donors (Lipinski definition) is 2. The molecule has 0 amide bonds. The molecule has 2 aromatic rings. The van der Waals surface area contributed by atoms with Crippen molar-refractivity contribution in [2.24, 2.45) is 0 Å². The smallest absolute Gasteiger partial charge is 0.303 e. The molecule has 2 N–H and O–H groups in total. The summed E-state index contributed by atoms with van der Waals surface area (Å²) in [5.74, 6) is -1.20. The molecule has 7 nitrogen and oxygen atoms in total. The second-order valence-electron chi connectivity index (χ2n) is 8.72. The van der Waals surface area contributed by atoms with E-state index >= 15 is 0 Å². The lowest BCUT2D eigenvalue weighted by atomic mass is 10.1. The fourth-order valence-corrected chi connectivity index (χ4v) is 6.86. The molecule has 0 aliphatic heterocycles. The van der Waals surface area contributed by atoms with Crippen LogP contribution >= 0.6 is 7.37 Å². The molecule has 0 bridgehead atoms. The molecule has 0 aromatic heterocycles. The number of ether oxygens (including phenoxy) is 1. The Balaban J connectivity index is 2.33. The number of rotatable bonds is 13. The number of benzene rings is 2. The highest BCUT2D eigenvalue weighted by Crippen LogP contribution is 2.54. The van der Waals surface area contributed by atoms with Crippen LogP contribution in [0.3, 0.4) is 0 Å². The maximum absolute atomic E-state index is 14.3. The minimum atomic E-state index is -3.49. The minimum Gasteiger partial charge on any atom is -0.598 e. The predicted octanol–water partition coefficient (Wildman–Crippen LogP) is 4.98. The summed E-state index contributed by atoms with van der Waals surface area (Å²) in [4.78, 5) is 11.3. The number of carboxylic acid groups (broad SMARTS) is 1. The van der Waals surface area contributed by atoms with E-state index in [0.29, 0.717) is 12.2 Å². The Morgan fingerprint density at radius 3 is 2.39 bits per heavy atom. The molecule has 33 heavy (non-hydrogen) atoms. The van der Waals surface area contributed by atoms with Gasteiger partial charge in [0.15, 0.2) is 0 Å². The van der Waals surface area contributed by atoms with Crippen LogP contribution in [-0.2, 0) is 38.3 Å². The molecule has 0 aliphatic rings. The number of para-hydroxylation sites is 1. The first-order valence-electron chi connectivity index (χ1n) is 10.8. The van der Waals surface area contributed by atoms with Crippen LogP contribution in [0.5, 0.6) is 5.75 Å². The molecule has 182 valence electrons. The number of methoxy groups -OCH3 is 1. The highest BCUT2D eigenvalue weighted by atomic mass is 32.2. The van der Waals surface area contributed by atoms with Crippen molar-refractivity contribution in [3.63, 3.8) is 0 Å². The molecule has 0 spiro atoms. The summed E-state index contributed by atoms with van der Waals surface area (Å²) in [7, 11) is -1.92. The van der Waals surface area contributed by atoms with Crippen LogP contribution in [0.1, 0.15) is 44.7 Å². The van der Waals surface area contributed by atoms with E-state index in [2.05, 4.69) is 4.72 Å². The Kier molecular flexibility index (Phi) is 10.5. The van der Waals surface area contributed by atoms with Crippen molar-refractivity contribution in [2.45, 2.75) is 57.2 Å². The van der Waals surface area contributed by atoms with Gasteiger partial charge in [0.05, 0.1) is 13.7 Å². The van der Waals surface area contributed by atoms with Crippen molar-refractivity contribution in [1.29, 1.82) is 0 Å². The Morgan fingerprint density at radius 2 is 1.79 bits per heavy atom. The molecular weight excluding hydrogens is 461 g/mol. The van der Waals surface area contributed by atoms with E-state index in [4.69, 9.17) is 9.26 Å². The van der Waals surface area contributed by atoms with Gasteiger partial charge in [-0.25, -0.2) is 0 Å². The van der Waals surface area contributed by atoms with Crippen molar-refractivity contribution >= 4 is 24.7 Å². The average molecular weight is 496 g/mol. The summed E-state index contributed by atoms with van der Waals surface area (Å²) in [5, 5.41) is 9.26. The summed E-state index contributed by atoms with van der Waals surface area (Å²) in [6.45, 7) is 5.51. The van der Waals surface area contributed by atoms with E-state index in [-0.39, 0.29) is 25.6 Å². The van der Waals surface area contributed by atoms with Crippen LogP contribution in [0, 0.1) is 0 Å². The molecule has 0 saturated carbocycles. The van der Waals surface area contributed by atoms with Crippen LogP contribution < -0.4 is 9.46 Å². The topological polar surface area (TPSA) is 108 Å². The highest BCUT2D eigenvalue weighted by molar-refractivity contribution is 7.91. The zero-order valence-electron chi connectivity index (χ0n) is 19.7. The van der Waals surface area contributed by atoms with Gasteiger partial charge in [-0.15, -0.1) is 4.72 Å². The molecule has 0 aliphatic carbocycles. The zero-order chi connectivity index (χ0) is 24.5. The number of hydrogen-bond acceptors (Lipinski definition) is 6. The van der Waals surface area contributed by atoms with Crippen molar-refractivity contribution < 1.29 is 28.3 Å². The largest absolute Gasteiger partial charge is 0.598 e. The first-order chi connectivity index (χ1) is 15.5. The van der Waals surface area contributed by atoms with Gasteiger partial charge in [0.1, 0.15) is 16.3 Å². The van der Waals surface area contributed by atoms with Crippen LogP contribution in [0.4, 0.5) is 0 Å². The second-order valence-corrected chi connectivity index (χ2v) is 13.5. The quantitative estimate of drug-likeness (QED) is 0.298. The molecule has 0 saturated heterocycles. The van der Waals surface area contributed by atoms with E-state index in [1.165, 1.54) is 0 Å². The number of aliphatic carboxylic acids is 1. The molecule has 0 heterocycles. The van der Waals surface area contributed by atoms with Crippen LogP contribution in [-0.4, -0.2) is 39.4 Å². The summed E-state index contributed by atoms with van der Waals surface area (Å²) < 4.78 is 40.9. The van der Waals surface area contributed by atoms with Crippen molar-refractivity contribution in [2.75, 3.05) is 13.3 Å². The maximum atomic E-state index is 14.3. The first-order valence-corrected chi connectivity index (χ1v) is 13.9. The minimum absolute atomic E-state index is 0.0369. The standard InChI is InChI=1S/C24H34NO6PS/c1-24(2,3)33(29)25-22(14-15-23(26)27)32(28,31-18-19-10-6-5-7-11-19)17-16-20-12-8-9-13-21(20)30-4/h5-13,22,25H,14-18H2,1-4H3,(H,26,27)/t22-,32+,33?/m1/s1. The van der Waals surface area contributed by atoms with Crippen LogP contribution in [0.25, 0.3) is 0 Å². The van der Waals surface area contributed by atoms with E-state index in [1.807, 2.05) is 54.6 Å². The van der Waals surface area contributed by atoms with Crippen molar-refractivity contribution in [3.05, 3.63) is 65.7 Å². The van der Waals surface area contributed by atoms with Gasteiger partial charge in [0, 0.05) is 23.9 Å². The van der Waals surface area contributed by atoms with E-state index in [0.717, 1.165) is 11.1 Å². The van der Waals surface area contributed by atoms with E-state index in [9.17, 15) is 19.0 Å². The van der Waals surface area contributed by atoms with Crippen molar-refractivity contribution in [3.8, 4) is 5.75 Å². The molecule has 3 atom stereocenters. The predicted molar refractivity (Wildman–Crippen MR) is 132 cm³/mol. The van der Waals surface area contributed by atoms with Crippen molar-refractivity contribution in [1.82, 2.24) is 4.72 Å². The lowest BCUT2D eigenvalue weighted by Crippen LogP contribution is -2.45. The number of carbonyl (C=O) groups is 1. The van der Waals surface area contributed by atoms with E-state index < -0.39 is 35.2 Å². The molecule has 9 heteroatoms. The SMILES string of the molecule is COc1ccccc1CC[P@](=O)(OCc1ccccc1)[C@H](CCC(=O)O)N[S+]([O-])C(C)(C)C. The number of carboxylic acids is 1. The van der Waals surface area contributed by atoms with Gasteiger partial charge < -0.3 is 18.9 Å². The number of aryl methyl sites for hydroxylation is 1. The average Bonchev–Trinajstić information content (AvgIpc) is 2.79. The Bertz CT molecular complexity index is 934. The second kappa shape index (κ2) is 12.6. The number of nitrogens with one attached hydrogen (secondary N) is 1. The summed E-state index contributed by atoms with van der Waals surface area (Å²) in [6, 6.07) is 16.8. The van der Waals surface area contributed by atoms with Gasteiger partial charge in [0.25, 0.3) is 0 Å². The molecule has 1 unspecified atom stereocenters. The van der Waals surface area contributed by atoms with Gasteiger partial charge in [0.2, 0.25) is 7.37 Å². The van der Waals surface area contributed by atoms with Gasteiger partial charge >= 0.3 is 5.97 Å². The molecule has 0 radical (unpaired) electrons. The highest BCUT2D eigenvalue weighted by Gasteiger charge is 2.40. The van der Waals surface area contributed by atoms with Crippen LogP contribution in [0.2, 0.25) is 0 Å². The third-order valence-electron chi connectivity index (χ3n) is 5.08. The molecule has 0 fully saturated rings. The maximum Gasteiger partial charge on any atom is 0.303 e. The monoisotopic (exact) mass is 495 g/mol. The fourth-order valence-electron chi connectivity index (χ4n) is 3.15. The van der Waals surface area contributed by atoms with Gasteiger partial charge in [-0.05, 0) is 50.8 Å². The van der Waals surface area contributed by atoms with Crippen LogP contribution in [0.15, 0.2) is 54.6 Å². The molecule has 2 rings (SSSR count). The van der Waals surface area contributed by atoms with E-state index in [1.54, 1.807) is 27.9 Å².